The molecule has 0 bridgehead atoms. The highest BCUT2D eigenvalue weighted by molar-refractivity contribution is 9.11. The minimum atomic E-state index is 0.890. The molecule has 0 spiro atoms. The van der Waals surface area contributed by atoms with Gasteiger partial charge in [0.2, 0.25) is 0 Å². The van der Waals surface area contributed by atoms with Crippen molar-refractivity contribution in [3.63, 3.8) is 0 Å². The molecule has 0 unspecified atom stereocenters. The van der Waals surface area contributed by atoms with Gasteiger partial charge in [-0.3, -0.25) is 0 Å². The maximum Gasteiger partial charge on any atom is 0.0103 e. The van der Waals surface area contributed by atoms with Crippen LogP contribution in [0.15, 0.2) is 47.5 Å². The second kappa shape index (κ2) is 4.14. The van der Waals surface area contributed by atoms with E-state index in [9.17, 15) is 0 Å². The zero-order valence-corrected chi connectivity index (χ0v) is 7.71. The standard InChI is InChI=1S/C10H9Br/c1-9(11)7-8-10-5-3-2-4-6-10/h2-8H,1H2. The van der Waals surface area contributed by atoms with Gasteiger partial charge in [0.05, 0.1) is 0 Å². The van der Waals surface area contributed by atoms with Gasteiger partial charge in [0.25, 0.3) is 0 Å². The van der Waals surface area contributed by atoms with Crippen LogP contribution >= 0.6 is 15.9 Å². The van der Waals surface area contributed by atoms with Crippen molar-refractivity contribution in [2.45, 2.75) is 0 Å². The van der Waals surface area contributed by atoms with E-state index in [1.807, 2.05) is 42.5 Å². The lowest BCUT2D eigenvalue weighted by Crippen LogP contribution is -1.67. The van der Waals surface area contributed by atoms with Crippen LogP contribution < -0.4 is 0 Å². The normalized spacial score (nSPS) is 10.3. The highest BCUT2D eigenvalue weighted by atomic mass is 79.9. The molecule has 0 fully saturated rings. The highest BCUT2D eigenvalue weighted by Gasteiger charge is 1.81. The van der Waals surface area contributed by atoms with Crippen LogP contribution in [0.1, 0.15) is 5.56 Å². The molecule has 1 heteroatoms. The van der Waals surface area contributed by atoms with Gasteiger partial charge in [0, 0.05) is 4.48 Å². The van der Waals surface area contributed by atoms with Crippen molar-refractivity contribution in [3.05, 3.63) is 53.0 Å². The fourth-order valence-electron chi connectivity index (χ4n) is 0.751. The van der Waals surface area contributed by atoms with Crippen molar-refractivity contribution in [1.82, 2.24) is 0 Å². The minimum absolute atomic E-state index is 0.890. The Morgan fingerprint density at radius 2 is 1.91 bits per heavy atom. The number of hydrogen-bond donors (Lipinski definition) is 0. The molecule has 56 valence electrons. The smallest absolute Gasteiger partial charge is 0.0103 e. The predicted molar refractivity (Wildman–Crippen MR) is 53.5 cm³/mol. The van der Waals surface area contributed by atoms with Gasteiger partial charge in [-0.05, 0) is 11.6 Å². The summed E-state index contributed by atoms with van der Waals surface area (Å²) in [7, 11) is 0. The molecule has 0 N–H and O–H groups in total. The Kier molecular flexibility index (Phi) is 3.12. The molecule has 0 aliphatic rings. The van der Waals surface area contributed by atoms with E-state index in [-0.39, 0.29) is 0 Å². The van der Waals surface area contributed by atoms with Crippen molar-refractivity contribution in [3.8, 4) is 0 Å². The maximum absolute atomic E-state index is 3.70. The molecule has 1 aromatic rings. The molecule has 0 nitrogen and oxygen atoms in total. The average molecular weight is 209 g/mol. The van der Waals surface area contributed by atoms with Crippen LogP contribution in [-0.2, 0) is 0 Å². The summed E-state index contributed by atoms with van der Waals surface area (Å²) in [6.07, 6.45) is 3.94. The molecule has 0 aliphatic heterocycles. The fourth-order valence-corrected chi connectivity index (χ4v) is 0.883. The molecule has 1 aromatic carbocycles. The topological polar surface area (TPSA) is 0 Å². The molecule has 0 saturated carbocycles. The lowest BCUT2D eigenvalue weighted by molar-refractivity contribution is 1.66. The zero-order chi connectivity index (χ0) is 8.10. The van der Waals surface area contributed by atoms with Crippen molar-refractivity contribution >= 4 is 22.0 Å². The summed E-state index contributed by atoms with van der Waals surface area (Å²) in [5, 5.41) is 0. The van der Waals surface area contributed by atoms with Gasteiger partial charge < -0.3 is 0 Å². The van der Waals surface area contributed by atoms with Gasteiger partial charge in [-0.1, -0.05) is 58.9 Å². The Morgan fingerprint density at radius 1 is 1.27 bits per heavy atom. The average Bonchev–Trinajstić information content (AvgIpc) is 2.03. The van der Waals surface area contributed by atoms with Gasteiger partial charge >= 0.3 is 0 Å². The molecule has 0 aromatic heterocycles. The number of hydrogen-bond acceptors (Lipinski definition) is 0. The molecule has 0 radical (unpaired) electrons. The fraction of sp³-hybridized carbons (Fsp3) is 0. The zero-order valence-electron chi connectivity index (χ0n) is 6.13. The quantitative estimate of drug-likeness (QED) is 0.652. The summed E-state index contributed by atoms with van der Waals surface area (Å²) < 4.78 is 0.890. The summed E-state index contributed by atoms with van der Waals surface area (Å²) in [4.78, 5) is 0. The first-order valence-corrected chi connectivity index (χ1v) is 4.16. The molecule has 0 heterocycles. The Hall–Kier alpha value is -0.820. The van der Waals surface area contributed by atoms with Gasteiger partial charge in [0.1, 0.15) is 0 Å². The van der Waals surface area contributed by atoms with Crippen molar-refractivity contribution in [1.29, 1.82) is 0 Å². The first-order chi connectivity index (χ1) is 5.29. The number of halogens is 1. The van der Waals surface area contributed by atoms with Crippen molar-refractivity contribution in [2.75, 3.05) is 0 Å². The number of allylic oxidation sites excluding steroid dienone is 2. The first-order valence-electron chi connectivity index (χ1n) is 3.36. The van der Waals surface area contributed by atoms with Crippen LogP contribution in [0.5, 0.6) is 0 Å². The van der Waals surface area contributed by atoms with Crippen LogP contribution in [0.25, 0.3) is 6.08 Å². The molecular weight excluding hydrogens is 200 g/mol. The van der Waals surface area contributed by atoms with Gasteiger partial charge in [-0.25, -0.2) is 0 Å². The summed E-state index contributed by atoms with van der Waals surface area (Å²) in [6.45, 7) is 3.70. The molecule has 0 amide bonds. The van der Waals surface area contributed by atoms with Crippen LogP contribution in [0, 0.1) is 0 Å². The summed E-state index contributed by atoms with van der Waals surface area (Å²) in [6, 6.07) is 10.1. The molecule has 1 rings (SSSR count). The van der Waals surface area contributed by atoms with Crippen LogP contribution in [0.3, 0.4) is 0 Å². The Balaban J connectivity index is 2.72. The third-order valence-corrected chi connectivity index (χ3v) is 1.52. The third kappa shape index (κ3) is 3.19. The van der Waals surface area contributed by atoms with Gasteiger partial charge in [-0.2, -0.15) is 0 Å². The highest BCUT2D eigenvalue weighted by Crippen LogP contribution is 2.07. The van der Waals surface area contributed by atoms with Crippen LogP contribution in [-0.4, -0.2) is 0 Å². The predicted octanol–water partition coefficient (Wildman–Crippen LogP) is 3.61. The largest absolute Gasteiger partial charge is 0.0847 e. The third-order valence-electron chi connectivity index (χ3n) is 1.26. The first kappa shape index (κ1) is 8.28. The molecular formula is C10H9Br. The Morgan fingerprint density at radius 3 is 2.45 bits per heavy atom. The monoisotopic (exact) mass is 208 g/mol. The summed E-state index contributed by atoms with van der Waals surface area (Å²) in [5.74, 6) is 0. The molecule has 0 saturated heterocycles. The van der Waals surface area contributed by atoms with Gasteiger partial charge in [0.15, 0.2) is 0 Å². The van der Waals surface area contributed by atoms with E-state index in [0.717, 1.165) is 4.48 Å². The van der Waals surface area contributed by atoms with E-state index in [4.69, 9.17) is 0 Å². The van der Waals surface area contributed by atoms with E-state index in [1.54, 1.807) is 0 Å². The van der Waals surface area contributed by atoms with Crippen molar-refractivity contribution < 1.29 is 0 Å². The van der Waals surface area contributed by atoms with E-state index in [1.165, 1.54) is 5.56 Å². The van der Waals surface area contributed by atoms with E-state index in [2.05, 4.69) is 22.5 Å². The van der Waals surface area contributed by atoms with Gasteiger partial charge in [-0.15, -0.1) is 0 Å². The maximum atomic E-state index is 3.70. The van der Waals surface area contributed by atoms with E-state index < -0.39 is 0 Å². The summed E-state index contributed by atoms with van der Waals surface area (Å²) in [5.41, 5.74) is 1.19. The van der Waals surface area contributed by atoms with Crippen LogP contribution in [0.2, 0.25) is 0 Å². The van der Waals surface area contributed by atoms with E-state index in [0.29, 0.717) is 0 Å². The molecule has 0 aliphatic carbocycles. The number of benzene rings is 1. The minimum Gasteiger partial charge on any atom is -0.0847 e. The van der Waals surface area contributed by atoms with Crippen LogP contribution in [0.4, 0.5) is 0 Å². The molecule has 11 heavy (non-hydrogen) atoms. The second-order valence-corrected chi connectivity index (χ2v) is 3.21. The van der Waals surface area contributed by atoms with Crippen molar-refractivity contribution in [2.24, 2.45) is 0 Å². The summed E-state index contributed by atoms with van der Waals surface area (Å²) >= 11 is 3.25. The second-order valence-electron chi connectivity index (χ2n) is 2.19. The Bertz CT molecular complexity index is 259. The lowest BCUT2D eigenvalue weighted by Gasteiger charge is -1.89. The lowest BCUT2D eigenvalue weighted by atomic mass is 10.2. The Labute approximate surface area is 75.4 Å². The molecule has 0 atom stereocenters. The van der Waals surface area contributed by atoms with E-state index >= 15 is 0 Å². The number of rotatable bonds is 2. The SMILES string of the molecule is C=C(Br)C=Cc1ccccc1.